The molecule has 25 heavy (non-hydrogen) atoms. The number of hydrogen-bond acceptors (Lipinski definition) is 5. The summed E-state index contributed by atoms with van der Waals surface area (Å²) in [7, 11) is 0. The van der Waals surface area contributed by atoms with Gasteiger partial charge in [-0.3, -0.25) is 4.98 Å². The van der Waals surface area contributed by atoms with Crippen molar-refractivity contribution in [3.63, 3.8) is 0 Å². The number of rotatable bonds is 2. The van der Waals surface area contributed by atoms with Gasteiger partial charge in [-0.05, 0) is 36.7 Å². The van der Waals surface area contributed by atoms with E-state index < -0.39 is 12.0 Å². The third-order valence-corrected chi connectivity index (χ3v) is 3.98. The summed E-state index contributed by atoms with van der Waals surface area (Å²) in [6.45, 7) is 1.59. The van der Waals surface area contributed by atoms with Crippen molar-refractivity contribution in [2.45, 2.75) is 12.6 Å². The third-order valence-electron chi connectivity index (χ3n) is 3.98. The van der Waals surface area contributed by atoms with E-state index in [1.807, 2.05) is 6.07 Å². The molecule has 3 aromatic rings. The normalized spacial score (nSPS) is 15.4. The minimum absolute atomic E-state index is 0.0367. The highest BCUT2D eigenvalue weighted by atomic mass is 19.4. The van der Waals surface area contributed by atoms with E-state index >= 15 is 0 Å². The molecule has 1 N–H and O–H groups in total. The standard InChI is InChI=1S/C16H13F3N6/c17-16(18,19)15-23-22-13-4-3-12(24-25(13)15)14-11(2-1-7-21-14)10-5-8-20-9-6-10/h1-5,7,20H,6,8-9H2. The summed E-state index contributed by atoms with van der Waals surface area (Å²) in [5, 5.41) is 14.0. The summed E-state index contributed by atoms with van der Waals surface area (Å²) in [6.07, 6.45) is -0.150. The Hall–Kier alpha value is -2.81. The van der Waals surface area contributed by atoms with Crippen molar-refractivity contribution in [3.05, 3.63) is 47.9 Å². The van der Waals surface area contributed by atoms with Crippen molar-refractivity contribution in [2.24, 2.45) is 0 Å². The molecule has 3 aromatic heterocycles. The van der Waals surface area contributed by atoms with E-state index in [1.54, 1.807) is 18.3 Å². The molecule has 1 aliphatic heterocycles. The highest BCUT2D eigenvalue weighted by Gasteiger charge is 2.37. The molecular weight excluding hydrogens is 333 g/mol. The summed E-state index contributed by atoms with van der Waals surface area (Å²) in [5.74, 6) is -1.15. The largest absolute Gasteiger partial charge is 0.453 e. The first-order chi connectivity index (χ1) is 12.0. The smallest absolute Gasteiger partial charge is 0.313 e. The highest BCUT2D eigenvalue weighted by molar-refractivity contribution is 5.78. The second-order valence-corrected chi connectivity index (χ2v) is 5.59. The molecule has 0 radical (unpaired) electrons. The molecule has 0 spiro atoms. The molecule has 0 saturated carbocycles. The first kappa shape index (κ1) is 15.7. The Morgan fingerprint density at radius 3 is 2.76 bits per heavy atom. The van der Waals surface area contributed by atoms with Crippen molar-refractivity contribution in [1.29, 1.82) is 0 Å². The fraction of sp³-hybridized carbons (Fsp3) is 0.250. The van der Waals surface area contributed by atoms with Crippen LogP contribution in [0.3, 0.4) is 0 Å². The van der Waals surface area contributed by atoms with Gasteiger partial charge in [0.1, 0.15) is 5.69 Å². The lowest BCUT2D eigenvalue weighted by Gasteiger charge is -2.16. The van der Waals surface area contributed by atoms with Gasteiger partial charge in [-0.15, -0.1) is 10.2 Å². The molecule has 9 heteroatoms. The minimum Gasteiger partial charge on any atom is -0.313 e. The van der Waals surface area contributed by atoms with Gasteiger partial charge in [0, 0.05) is 18.3 Å². The molecule has 0 aromatic carbocycles. The lowest BCUT2D eigenvalue weighted by molar-refractivity contribution is -0.146. The Morgan fingerprint density at radius 2 is 2.00 bits per heavy atom. The van der Waals surface area contributed by atoms with E-state index in [9.17, 15) is 13.2 Å². The Kier molecular flexibility index (Phi) is 3.72. The molecule has 0 amide bonds. The van der Waals surface area contributed by atoms with Gasteiger partial charge < -0.3 is 5.32 Å². The lowest BCUT2D eigenvalue weighted by Crippen LogP contribution is -2.20. The first-order valence-electron chi connectivity index (χ1n) is 7.69. The molecule has 128 valence electrons. The van der Waals surface area contributed by atoms with Crippen LogP contribution < -0.4 is 5.32 Å². The molecule has 4 heterocycles. The predicted molar refractivity (Wildman–Crippen MR) is 84.5 cm³/mol. The van der Waals surface area contributed by atoms with Crippen molar-refractivity contribution in [3.8, 4) is 11.4 Å². The monoisotopic (exact) mass is 346 g/mol. The Balaban J connectivity index is 1.87. The molecule has 6 nitrogen and oxygen atoms in total. The van der Waals surface area contributed by atoms with Gasteiger partial charge >= 0.3 is 6.18 Å². The summed E-state index contributed by atoms with van der Waals surface area (Å²) in [6, 6.07) is 6.78. The molecule has 0 atom stereocenters. The number of fused-ring (bicyclic) bond motifs is 1. The van der Waals surface area contributed by atoms with Gasteiger partial charge in [0.15, 0.2) is 5.65 Å². The van der Waals surface area contributed by atoms with E-state index in [4.69, 9.17) is 0 Å². The minimum atomic E-state index is -4.63. The molecule has 0 bridgehead atoms. The number of nitrogens with one attached hydrogen (secondary N) is 1. The van der Waals surface area contributed by atoms with Crippen LogP contribution in [-0.4, -0.2) is 37.9 Å². The number of aromatic nitrogens is 5. The maximum atomic E-state index is 13.1. The van der Waals surface area contributed by atoms with Gasteiger partial charge in [-0.2, -0.15) is 22.8 Å². The fourth-order valence-corrected chi connectivity index (χ4v) is 2.83. The average molecular weight is 346 g/mol. The zero-order chi connectivity index (χ0) is 17.4. The highest BCUT2D eigenvalue weighted by Crippen LogP contribution is 2.30. The van der Waals surface area contributed by atoms with Crippen LogP contribution >= 0.6 is 0 Å². The van der Waals surface area contributed by atoms with Crippen molar-refractivity contribution in [1.82, 2.24) is 30.1 Å². The topological polar surface area (TPSA) is 68.0 Å². The molecule has 4 rings (SSSR count). The van der Waals surface area contributed by atoms with E-state index in [0.717, 1.165) is 30.6 Å². The summed E-state index contributed by atoms with van der Waals surface area (Å²) < 4.78 is 39.9. The Morgan fingerprint density at radius 1 is 1.12 bits per heavy atom. The van der Waals surface area contributed by atoms with Gasteiger partial charge in [0.2, 0.25) is 0 Å². The average Bonchev–Trinajstić information content (AvgIpc) is 3.06. The van der Waals surface area contributed by atoms with Crippen LogP contribution in [0, 0.1) is 0 Å². The fourth-order valence-electron chi connectivity index (χ4n) is 2.83. The van der Waals surface area contributed by atoms with Crippen molar-refractivity contribution >= 4 is 11.2 Å². The molecule has 0 aliphatic carbocycles. The number of hydrogen-bond donors (Lipinski definition) is 1. The molecule has 0 unspecified atom stereocenters. The maximum absolute atomic E-state index is 13.1. The second-order valence-electron chi connectivity index (χ2n) is 5.59. The SMILES string of the molecule is FC(F)(F)c1nnc2ccc(-c3ncccc3C3=CCNCC3)nn12. The Labute approximate surface area is 140 Å². The van der Waals surface area contributed by atoms with Crippen LogP contribution in [0.15, 0.2) is 36.5 Å². The van der Waals surface area contributed by atoms with E-state index in [2.05, 4.69) is 31.7 Å². The Bertz CT molecular complexity index is 960. The van der Waals surface area contributed by atoms with Crippen molar-refractivity contribution < 1.29 is 13.2 Å². The zero-order valence-electron chi connectivity index (χ0n) is 13.0. The van der Waals surface area contributed by atoms with Crippen LogP contribution in [0.4, 0.5) is 13.2 Å². The quantitative estimate of drug-likeness (QED) is 0.772. The van der Waals surface area contributed by atoms with Crippen molar-refractivity contribution in [2.75, 3.05) is 13.1 Å². The number of nitrogens with zero attached hydrogens (tertiary/aromatic N) is 5. The van der Waals surface area contributed by atoms with E-state index in [0.29, 0.717) is 15.9 Å². The summed E-state index contributed by atoms with van der Waals surface area (Å²) in [4.78, 5) is 4.35. The lowest BCUT2D eigenvalue weighted by atomic mass is 9.97. The van der Waals surface area contributed by atoms with Crippen LogP contribution in [0.2, 0.25) is 0 Å². The molecule has 0 fully saturated rings. The van der Waals surface area contributed by atoms with E-state index in [-0.39, 0.29) is 5.65 Å². The van der Waals surface area contributed by atoms with Crippen LogP contribution in [0.1, 0.15) is 17.8 Å². The maximum Gasteiger partial charge on any atom is 0.453 e. The van der Waals surface area contributed by atoms with Gasteiger partial charge in [0.25, 0.3) is 5.82 Å². The first-order valence-corrected chi connectivity index (χ1v) is 7.69. The van der Waals surface area contributed by atoms with Gasteiger partial charge in [-0.1, -0.05) is 12.1 Å². The zero-order valence-corrected chi connectivity index (χ0v) is 13.0. The second kappa shape index (κ2) is 5.92. The van der Waals surface area contributed by atoms with Gasteiger partial charge in [-0.25, -0.2) is 0 Å². The predicted octanol–water partition coefficient (Wildman–Crippen LogP) is 2.58. The summed E-state index contributed by atoms with van der Waals surface area (Å²) in [5.41, 5.74) is 2.89. The number of alkyl halides is 3. The molecule has 0 saturated heterocycles. The summed E-state index contributed by atoms with van der Waals surface area (Å²) >= 11 is 0. The number of halogens is 3. The van der Waals surface area contributed by atoms with Crippen LogP contribution in [0.5, 0.6) is 0 Å². The van der Waals surface area contributed by atoms with Crippen LogP contribution in [-0.2, 0) is 6.18 Å². The molecular formula is C16H13F3N6. The third kappa shape index (κ3) is 2.86. The van der Waals surface area contributed by atoms with E-state index in [1.165, 1.54) is 6.07 Å². The molecule has 1 aliphatic rings. The van der Waals surface area contributed by atoms with Gasteiger partial charge in [0.05, 0.1) is 5.69 Å². The number of pyridine rings is 1. The van der Waals surface area contributed by atoms with Crippen LogP contribution in [0.25, 0.3) is 22.6 Å².